The lowest BCUT2D eigenvalue weighted by atomic mass is 9.93. The van der Waals surface area contributed by atoms with E-state index in [4.69, 9.17) is 16.0 Å². The number of rotatable bonds is 6. The van der Waals surface area contributed by atoms with E-state index in [0.29, 0.717) is 11.5 Å². The van der Waals surface area contributed by atoms with E-state index in [-0.39, 0.29) is 12.3 Å². The van der Waals surface area contributed by atoms with Gasteiger partial charge in [0.1, 0.15) is 11.5 Å². The summed E-state index contributed by atoms with van der Waals surface area (Å²) >= 11 is 5.76. The van der Waals surface area contributed by atoms with Crippen LogP contribution < -0.4 is 4.74 Å². The number of hydrogen-bond acceptors (Lipinski definition) is 3. The average molecular weight is 381 g/mol. The van der Waals surface area contributed by atoms with Gasteiger partial charge in [-0.05, 0) is 72.2 Å². The predicted octanol–water partition coefficient (Wildman–Crippen LogP) is 6.21. The van der Waals surface area contributed by atoms with Gasteiger partial charge < -0.3 is 14.4 Å². The summed E-state index contributed by atoms with van der Waals surface area (Å²) in [5.41, 5.74) is 5.61. The second kappa shape index (κ2) is 7.85. The maximum Gasteiger partial charge on any atom is 0.202 e. The van der Waals surface area contributed by atoms with Gasteiger partial charge >= 0.3 is 0 Å². The molecule has 0 amide bonds. The van der Waals surface area contributed by atoms with Crippen LogP contribution in [0.2, 0.25) is 0 Å². The van der Waals surface area contributed by atoms with Gasteiger partial charge in [-0.15, -0.1) is 0 Å². The molecule has 2 aromatic carbocycles. The highest BCUT2D eigenvalue weighted by Crippen LogP contribution is 2.46. The van der Waals surface area contributed by atoms with Crippen molar-refractivity contribution in [3.8, 4) is 11.5 Å². The Kier molecular flexibility index (Phi) is 6.24. The first-order chi connectivity index (χ1) is 11.6. The number of ether oxygens (including phenoxy) is 1. The molecule has 0 fully saturated rings. The van der Waals surface area contributed by atoms with E-state index in [1.165, 1.54) is 17.8 Å². The Morgan fingerprint density at radius 2 is 1.76 bits per heavy atom. The van der Waals surface area contributed by atoms with Crippen LogP contribution in [-0.4, -0.2) is 18.1 Å². The summed E-state index contributed by atoms with van der Waals surface area (Å²) in [6, 6.07) is 9.72. The standard InChI is InChI=1S/C20H26ClO3P/c1-13(2)18-10-16(6-7-20(18)22)11-19-14(3)8-17(9-15(19)4)24-12-25(5,21)23/h6-10,13,22H,11-12H2,1-5H3. The molecule has 0 saturated heterocycles. The molecule has 1 atom stereocenters. The Hall–Kier alpha value is -1.44. The van der Waals surface area contributed by atoms with Gasteiger partial charge in [-0.25, -0.2) is 0 Å². The lowest BCUT2D eigenvalue weighted by Crippen LogP contribution is -2.01. The summed E-state index contributed by atoms with van der Waals surface area (Å²) in [4.78, 5) is 0. The van der Waals surface area contributed by atoms with Gasteiger partial charge in [0.05, 0.1) is 0 Å². The second-order valence-electron chi connectivity index (χ2n) is 7.02. The molecule has 0 heterocycles. The van der Waals surface area contributed by atoms with Gasteiger partial charge in [0.25, 0.3) is 0 Å². The second-order valence-corrected chi connectivity index (χ2v) is 11.4. The Bertz CT molecular complexity index is 786. The molecule has 2 aromatic rings. The van der Waals surface area contributed by atoms with Gasteiger partial charge in [-0.3, -0.25) is 0 Å². The van der Waals surface area contributed by atoms with E-state index < -0.39 is 6.49 Å². The molecular formula is C20H26ClO3P. The molecule has 0 radical (unpaired) electrons. The van der Waals surface area contributed by atoms with Crippen molar-refractivity contribution < 1.29 is 14.4 Å². The number of benzene rings is 2. The van der Waals surface area contributed by atoms with Crippen molar-refractivity contribution in [3.05, 3.63) is 58.1 Å². The summed E-state index contributed by atoms with van der Waals surface area (Å²) in [7, 11) is 0. The third-order valence-corrected chi connectivity index (χ3v) is 5.11. The molecule has 0 aliphatic heterocycles. The fourth-order valence-corrected chi connectivity index (χ4v) is 3.41. The zero-order chi connectivity index (χ0) is 18.8. The number of phenolic OH excluding ortho intramolecular Hbond substituents is 1. The summed E-state index contributed by atoms with van der Waals surface area (Å²) in [6.07, 6.45) is 0.822. The normalized spacial score (nSPS) is 13.7. The lowest BCUT2D eigenvalue weighted by molar-refractivity contribution is 0.379. The maximum absolute atomic E-state index is 11.6. The van der Waals surface area contributed by atoms with Crippen molar-refractivity contribution in [2.45, 2.75) is 40.0 Å². The molecule has 0 saturated carbocycles. The first-order valence-corrected chi connectivity index (χ1v) is 11.6. The van der Waals surface area contributed by atoms with Crippen LogP contribution in [0.5, 0.6) is 11.5 Å². The van der Waals surface area contributed by atoms with Crippen LogP contribution in [0.1, 0.15) is 47.6 Å². The highest BCUT2D eigenvalue weighted by atomic mass is 35.7. The molecule has 25 heavy (non-hydrogen) atoms. The van der Waals surface area contributed by atoms with Gasteiger partial charge in [-0.2, -0.15) is 0 Å². The number of aromatic hydroxyl groups is 1. The third kappa shape index (κ3) is 5.52. The fraction of sp³-hybridized carbons (Fsp3) is 0.400. The van der Waals surface area contributed by atoms with Crippen molar-refractivity contribution in [2.24, 2.45) is 0 Å². The van der Waals surface area contributed by atoms with Crippen LogP contribution >= 0.6 is 17.7 Å². The molecule has 3 nitrogen and oxygen atoms in total. The smallest absolute Gasteiger partial charge is 0.202 e. The van der Waals surface area contributed by atoms with E-state index in [1.807, 2.05) is 32.0 Å². The van der Waals surface area contributed by atoms with Crippen molar-refractivity contribution >= 4 is 17.7 Å². The van der Waals surface area contributed by atoms with Gasteiger partial charge in [-0.1, -0.05) is 37.2 Å². The largest absolute Gasteiger partial charge is 0.508 e. The highest BCUT2D eigenvalue weighted by Gasteiger charge is 2.14. The molecule has 1 unspecified atom stereocenters. The fourth-order valence-electron chi connectivity index (χ4n) is 2.89. The van der Waals surface area contributed by atoms with Crippen LogP contribution in [0.3, 0.4) is 0 Å². The number of aryl methyl sites for hydroxylation is 2. The van der Waals surface area contributed by atoms with Crippen molar-refractivity contribution in [1.82, 2.24) is 0 Å². The highest BCUT2D eigenvalue weighted by molar-refractivity contribution is 7.88. The molecule has 0 aliphatic carbocycles. The first-order valence-electron chi connectivity index (χ1n) is 8.37. The first kappa shape index (κ1) is 19.9. The number of phenols is 1. The molecule has 2 rings (SSSR count). The van der Waals surface area contributed by atoms with E-state index in [0.717, 1.165) is 23.1 Å². The number of halogens is 1. The van der Waals surface area contributed by atoms with Crippen molar-refractivity contribution in [1.29, 1.82) is 0 Å². The lowest BCUT2D eigenvalue weighted by Gasteiger charge is -2.16. The summed E-state index contributed by atoms with van der Waals surface area (Å²) in [5.74, 6) is 1.31. The molecule has 0 spiro atoms. The Morgan fingerprint density at radius 1 is 1.16 bits per heavy atom. The minimum Gasteiger partial charge on any atom is -0.508 e. The maximum atomic E-state index is 11.6. The Balaban J connectivity index is 2.26. The molecular weight excluding hydrogens is 355 g/mol. The van der Waals surface area contributed by atoms with Gasteiger partial charge in [0.15, 0.2) is 6.35 Å². The zero-order valence-corrected chi connectivity index (χ0v) is 17.1. The summed E-state index contributed by atoms with van der Waals surface area (Å²) < 4.78 is 17.2. The molecule has 0 bridgehead atoms. The Labute approximate surface area is 155 Å². The minimum atomic E-state index is -2.72. The van der Waals surface area contributed by atoms with E-state index in [1.54, 1.807) is 6.07 Å². The predicted molar refractivity (Wildman–Crippen MR) is 106 cm³/mol. The third-order valence-electron chi connectivity index (χ3n) is 4.23. The minimum absolute atomic E-state index is 0.0303. The van der Waals surface area contributed by atoms with Crippen molar-refractivity contribution in [3.63, 3.8) is 0 Å². The topological polar surface area (TPSA) is 46.5 Å². The molecule has 136 valence electrons. The van der Waals surface area contributed by atoms with E-state index >= 15 is 0 Å². The zero-order valence-electron chi connectivity index (χ0n) is 15.5. The summed E-state index contributed by atoms with van der Waals surface area (Å²) in [6.45, 7) is 7.02. The summed E-state index contributed by atoms with van der Waals surface area (Å²) in [5, 5.41) is 9.99. The van der Waals surface area contributed by atoms with Crippen LogP contribution in [-0.2, 0) is 11.0 Å². The van der Waals surface area contributed by atoms with Crippen LogP contribution in [0.4, 0.5) is 0 Å². The molecule has 0 aromatic heterocycles. The van der Waals surface area contributed by atoms with Gasteiger partial charge in [0.2, 0.25) is 6.49 Å². The average Bonchev–Trinajstić information content (AvgIpc) is 2.49. The van der Waals surface area contributed by atoms with Crippen LogP contribution in [0.25, 0.3) is 0 Å². The quantitative estimate of drug-likeness (QED) is 0.606. The van der Waals surface area contributed by atoms with Crippen LogP contribution in [0.15, 0.2) is 30.3 Å². The van der Waals surface area contributed by atoms with E-state index in [2.05, 4.69) is 19.9 Å². The van der Waals surface area contributed by atoms with Crippen molar-refractivity contribution in [2.75, 3.05) is 13.0 Å². The molecule has 5 heteroatoms. The van der Waals surface area contributed by atoms with Gasteiger partial charge in [0, 0.05) is 6.66 Å². The van der Waals surface area contributed by atoms with Crippen LogP contribution in [0, 0.1) is 13.8 Å². The Morgan fingerprint density at radius 3 is 2.28 bits per heavy atom. The monoisotopic (exact) mass is 380 g/mol. The molecule has 0 aliphatic rings. The molecule has 1 N–H and O–H groups in total. The number of hydrogen-bond donors (Lipinski definition) is 1. The SMILES string of the molecule is Cc1cc(OCP(C)(=O)Cl)cc(C)c1Cc1ccc(O)c(C(C)C)c1. The van der Waals surface area contributed by atoms with E-state index in [9.17, 15) is 9.67 Å².